The van der Waals surface area contributed by atoms with Crippen LogP contribution in [0.25, 0.3) is 0 Å². The second kappa shape index (κ2) is 8.93. The zero-order chi connectivity index (χ0) is 12.5. The molecular formula is C15H32N2. The Morgan fingerprint density at radius 2 is 1.82 bits per heavy atom. The number of likely N-dealkylation sites (tertiary alicyclic amines) is 1. The van der Waals surface area contributed by atoms with E-state index in [2.05, 4.69) is 18.7 Å². The standard InChI is InChI=1S/C15H32N2/c1-3-5-6-7-8-15(13-16)17-11-9-14(4-2)10-12-17/h14-15H,3-13,16H2,1-2H3. The molecule has 1 aliphatic heterocycles. The van der Waals surface area contributed by atoms with E-state index in [4.69, 9.17) is 5.73 Å². The van der Waals surface area contributed by atoms with E-state index < -0.39 is 0 Å². The molecule has 17 heavy (non-hydrogen) atoms. The van der Waals surface area contributed by atoms with Gasteiger partial charge in [-0.1, -0.05) is 46.0 Å². The van der Waals surface area contributed by atoms with E-state index >= 15 is 0 Å². The van der Waals surface area contributed by atoms with Gasteiger partial charge in [0.15, 0.2) is 0 Å². The van der Waals surface area contributed by atoms with Crippen molar-refractivity contribution in [2.24, 2.45) is 11.7 Å². The molecular weight excluding hydrogens is 208 g/mol. The smallest absolute Gasteiger partial charge is 0.0218 e. The molecule has 0 bridgehead atoms. The summed E-state index contributed by atoms with van der Waals surface area (Å²) in [6.45, 7) is 8.02. The summed E-state index contributed by atoms with van der Waals surface area (Å²) < 4.78 is 0. The van der Waals surface area contributed by atoms with Gasteiger partial charge >= 0.3 is 0 Å². The molecule has 0 aromatic carbocycles. The normalized spacial score (nSPS) is 20.6. The molecule has 1 heterocycles. The quantitative estimate of drug-likeness (QED) is 0.659. The highest BCUT2D eigenvalue weighted by atomic mass is 15.2. The predicted molar refractivity (Wildman–Crippen MR) is 76.2 cm³/mol. The Morgan fingerprint density at radius 1 is 1.12 bits per heavy atom. The molecule has 1 rings (SSSR count). The zero-order valence-corrected chi connectivity index (χ0v) is 12.0. The molecule has 0 aliphatic carbocycles. The molecule has 0 spiro atoms. The summed E-state index contributed by atoms with van der Waals surface area (Å²) in [5.41, 5.74) is 5.94. The number of hydrogen-bond donors (Lipinski definition) is 1. The number of hydrogen-bond acceptors (Lipinski definition) is 2. The summed E-state index contributed by atoms with van der Waals surface area (Å²) >= 11 is 0. The van der Waals surface area contributed by atoms with E-state index in [9.17, 15) is 0 Å². The first-order valence-electron chi connectivity index (χ1n) is 7.75. The van der Waals surface area contributed by atoms with Gasteiger partial charge in [0.05, 0.1) is 0 Å². The number of rotatable bonds is 8. The lowest BCUT2D eigenvalue weighted by Crippen LogP contribution is -2.45. The molecule has 0 aromatic rings. The zero-order valence-electron chi connectivity index (χ0n) is 12.0. The molecule has 2 N–H and O–H groups in total. The topological polar surface area (TPSA) is 29.3 Å². The van der Waals surface area contributed by atoms with Gasteiger partial charge in [0.1, 0.15) is 0 Å². The maximum absolute atomic E-state index is 5.94. The van der Waals surface area contributed by atoms with Crippen molar-refractivity contribution in [3.63, 3.8) is 0 Å². The summed E-state index contributed by atoms with van der Waals surface area (Å²) in [6, 6.07) is 0.657. The predicted octanol–water partition coefficient (Wildman–Crippen LogP) is 3.41. The maximum Gasteiger partial charge on any atom is 0.0218 e. The van der Waals surface area contributed by atoms with Crippen LogP contribution in [0.4, 0.5) is 0 Å². The van der Waals surface area contributed by atoms with Crippen LogP contribution in [0.5, 0.6) is 0 Å². The first-order valence-corrected chi connectivity index (χ1v) is 7.75. The van der Waals surface area contributed by atoms with Gasteiger partial charge in [0, 0.05) is 12.6 Å². The Balaban J connectivity index is 2.21. The summed E-state index contributed by atoms with van der Waals surface area (Å²) in [5, 5.41) is 0. The number of piperidine rings is 1. The van der Waals surface area contributed by atoms with Crippen molar-refractivity contribution in [1.29, 1.82) is 0 Å². The third kappa shape index (κ3) is 5.39. The van der Waals surface area contributed by atoms with Crippen molar-refractivity contribution in [1.82, 2.24) is 4.90 Å². The first kappa shape index (κ1) is 15.0. The van der Waals surface area contributed by atoms with Gasteiger partial charge in [0.2, 0.25) is 0 Å². The fourth-order valence-corrected chi connectivity index (χ4v) is 2.98. The molecule has 2 nitrogen and oxygen atoms in total. The van der Waals surface area contributed by atoms with Crippen LogP contribution < -0.4 is 5.73 Å². The maximum atomic E-state index is 5.94. The van der Waals surface area contributed by atoms with Crippen LogP contribution in [-0.4, -0.2) is 30.6 Å². The number of unbranched alkanes of at least 4 members (excludes halogenated alkanes) is 3. The lowest BCUT2D eigenvalue weighted by atomic mass is 9.93. The average molecular weight is 240 g/mol. The number of nitrogens with zero attached hydrogens (tertiary/aromatic N) is 1. The molecule has 1 unspecified atom stereocenters. The Morgan fingerprint density at radius 3 is 2.35 bits per heavy atom. The van der Waals surface area contributed by atoms with Gasteiger partial charge in [-0.05, 0) is 38.3 Å². The van der Waals surface area contributed by atoms with Crippen LogP contribution in [0.15, 0.2) is 0 Å². The Labute approximate surface area is 108 Å². The largest absolute Gasteiger partial charge is 0.329 e. The molecule has 0 saturated carbocycles. The summed E-state index contributed by atoms with van der Waals surface area (Å²) in [5.74, 6) is 0.977. The summed E-state index contributed by atoms with van der Waals surface area (Å²) in [4.78, 5) is 2.65. The van der Waals surface area contributed by atoms with Crippen molar-refractivity contribution >= 4 is 0 Å². The minimum Gasteiger partial charge on any atom is -0.329 e. The fourth-order valence-electron chi connectivity index (χ4n) is 2.98. The summed E-state index contributed by atoms with van der Waals surface area (Å²) in [6.07, 6.45) is 10.9. The highest BCUT2D eigenvalue weighted by molar-refractivity contribution is 4.78. The molecule has 1 fully saturated rings. The van der Waals surface area contributed by atoms with Crippen LogP contribution in [0.1, 0.15) is 65.2 Å². The lowest BCUT2D eigenvalue weighted by Gasteiger charge is -2.37. The Bertz CT molecular complexity index is 174. The minimum atomic E-state index is 0.657. The molecule has 0 amide bonds. The van der Waals surface area contributed by atoms with E-state index in [1.807, 2.05) is 0 Å². The monoisotopic (exact) mass is 240 g/mol. The first-order chi connectivity index (χ1) is 8.31. The van der Waals surface area contributed by atoms with Crippen molar-refractivity contribution < 1.29 is 0 Å². The second-order valence-electron chi connectivity index (χ2n) is 5.63. The van der Waals surface area contributed by atoms with Gasteiger partial charge < -0.3 is 5.73 Å². The highest BCUT2D eigenvalue weighted by Gasteiger charge is 2.22. The van der Waals surface area contributed by atoms with Crippen LogP contribution in [0.3, 0.4) is 0 Å². The van der Waals surface area contributed by atoms with E-state index in [-0.39, 0.29) is 0 Å². The van der Waals surface area contributed by atoms with Gasteiger partial charge in [-0.2, -0.15) is 0 Å². The van der Waals surface area contributed by atoms with Crippen molar-refractivity contribution in [2.75, 3.05) is 19.6 Å². The average Bonchev–Trinajstić information content (AvgIpc) is 2.39. The number of nitrogens with two attached hydrogens (primary N) is 1. The highest BCUT2D eigenvalue weighted by Crippen LogP contribution is 2.22. The van der Waals surface area contributed by atoms with Crippen molar-refractivity contribution in [3.05, 3.63) is 0 Å². The molecule has 1 aliphatic rings. The molecule has 2 heteroatoms. The molecule has 1 atom stereocenters. The van der Waals surface area contributed by atoms with Crippen molar-refractivity contribution in [2.45, 2.75) is 71.3 Å². The fraction of sp³-hybridized carbons (Fsp3) is 1.00. The van der Waals surface area contributed by atoms with Gasteiger partial charge in [-0.15, -0.1) is 0 Å². The Hall–Kier alpha value is -0.0800. The molecule has 0 aromatic heterocycles. The third-order valence-corrected chi connectivity index (χ3v) is 4.41. The van der Waals surface area contributed by atoms with Crippen LogP contribution >= 0.6 is 0 Å². The van der Waals surface area contributed by atoms with E-state index in [0.717, 1.165) is 12.5 Å². The third-order valence-electron chi connectivity index (χ3n) is 4.41. The lowest BCUT2D eigenvalue weighted by molar-refractivity contribution is 0.126. The van der Waals surface area contributed by atoms with E-state index in [1.165, 1.54) is 64.5 Å². The van der Waals surface area contributed by atoms with Crippen LogP contribution in [0.2, 0.25) is 0 Å². The Kier molecular flexibility index (Phi) is 7.87. The van der Waals surface area contributed by atoms with Gasteiger partial charge in [-0.25, -0.2) is 0 Å². The van der Waals surface area contributed by atoms with Crippen LogP contribution in [0, 0.1) is 5.92 Å². The minimum absolute atomic E-state index is 0.657. The van der Waals surface area contributed by atoms with Gasteiger partial charge in [0.25, 0.3) is 0 Å². The second-order valence-corrected chi connectivity index (χ2v) is 5.63. The van der Waals surface area contributed by atoms with E-state index in [1.54, 1.807) is 0 Å². The molecule has 1 saturated heterocycles. The molecule has 0 radical (unpaired) electrons. The van der Waals surface area contributed by atoms with Gasteiger partial charge in [-0.3, -0.25) is 4.90 Å². The van der Waals surface area contributed by atoms with Crippen LogP contribution in [-0.2, 0) is 0 Å². The molecule has 102 valence electrons. The SMILES string of the molecule is CCCCCCC(CN)N1CCC(CC)CC1. The van der Waals surface area contributed by atoms with Crippen molar-refractivity contribution in [3.8, 4) is 0 Å². The summed E-state index contributed by atoms with van der Waals surface area (Å²) in [7, 11) is 0. The van der Waals surface area contributed by atoms with E-state index in [0.29, 0.717) is 6.04 Å².